The highest BCUT2D eigenvalue weighted by atomic mass is 35.5. The normalized spacial score (nSPS) is 12.2. The number of nitrogens with zero attached hydrogens (tertiary/aromatic N) is 2. The standard InChI is InChI=1S/C24H30Cl3N3O4S/c1-4-6-13-28-24(32)22(5-2)29(15-17-7-8-19(26)14-21(17)27)23(31)16-30(35(3,33)34)20-11-9-18(25)10-12-20/h7-12,14,22H,4-6,13,15-16H2,1-3H3,(H,28,32)/t22-/m1/s1. The van der Waals surface area contributed by atoms with Crippen molar-refractivity contribution in [1.82, 2.24) is 10.2 Å². The zero-order valence-corrected chi connectivity index (χ0v) is 23.0. The molecule has 0 radical (unpaired) electrons. The molecule has 0 saturated carbocycles. The van der Waals surface area contributed by atoms with Crippen molar-refractivity contribution in [3.63, 3.8) is 0 Å². The van der Waals surface area contributed by atoms with E-state index in [-0.39, 0.29) is 18.1 Å². The first-order chi connectivity index (χ1) is 16.5. The molecular weight excluding hydrogens is 533 g/mol. The SMILES string of the molecule is CCCCNC(=O)[C@@H](CC)N(Cc1ccc(Cl)cc1Cl)C(=O)CN(c1ccc(Cl)cc1)S(C)(=O)=O. The van der Waals surface area contributed by atoms with Gasteiger partial charge in [-0.2, -0.15) is 0 Å². The van der Waals surface area contributed by atoms with Crippen LogP contribution in [-0.2, 0) is 26.2 Å². The fourth-order valence-corrected chi connectivity index (χ4v) is 4.92. The van der Waals surface area contributed by atoms with Gasteiger partial charge in [-0.3, -0.25) is 13.9 Å². The lowest BCUT2D eigenvalue weighted by Gasteiger charge is -2.33. The van der Waals surface area contributed by atoms with Gasteiger partial charge < -0.3 is 10.2 Å². The number of sulfonamides is 1. The summed E-state index contributed by atoms with van der Waals surface area (Å²) in [5, 5.41) is 4.08. The van der Waals surface area contributed by atoms with Crippen molar-refractivity contribution in [2.24, 2.45) is 0 Å². The first kappa shape index (κ1) is 29.2. The molecule has 0 aromatic heterocycles. The molecule has 0 aliphatic heterocycles. The van der Waals surface area contributed by atoms with Gasteiger partial charge in [0.15, 0.2) is 0 Å². The number of hydrogen-bond donors (Lipinski definition) is 1. The highest BCUT2D eigenvalue weighted by Crippen LogP contribution is 2.25. The Morgan fingerprint density at radius 1 is 1.00 bits per heavy atom. The van der Waals surface area contributed by atoms with Crippen LogP contribution in [0.25, 0.3) is 0 Å². The van der Waals surface area contributed by atoms with Gasteiger partial charge in [0.2, 0.25) is 21.8 Å². The lowest BCUT2D eigenvalue weighted by molar-refractivity contribution is -0.140. The fraction of sp³-hybridized carbons (Fsp3) is 0.417. The van der Waals surface area contributed by atoms with Crippen molar-refractivity contribution in [1.29, 1.82) is 0 Å². The first-order valence-electron chi connectivity index (χ1n) is 11.2. The molecule has 0 unspecified atom stereocenters. The average molecular weight is 563 g/mol. The number of carbonyl (C=O) groups is 2. The minimum Gasteiger partial charge on any atom is -0.354 e. The van der Waals surface area contributed by atoms with E-state index in [2.05, 4.69) is 5.32 Å². The van der Waals surface area contributed by atoms with Gasteiger partial charge in [0.1, 0.15) is 12.6 Å². The van der Waals surface area contributed by atoms with Gasteiger partial charge in [0, 0.05) is 28.2 Å². The Kier molecular flexibility index (Phi) is 11.1. The summed E-state index contributed by atoms with van der Waals surface area (Å²) in [6.07, 6.45) is 3.06. The molecule has 2 amide bonds. The molecule has 192 valence electrons. The predicted molar refractivity (Wildman–Crippen MR) is 143 cm³/mol. The van der Waals surface area contributed by atoms with Gasteiger partial charge in [-0.25, -0.2) is 8.42 Å². The van der Waals surface area contributed by atoms with Crippen LogP contribution in [0.2, 0.25) is 15.1 Å². The Balaban J connectivity index is 2.43. The Hall–Kier alpha value is -2.00. The monoisotopic (exact) mass is 561 g/mol. The predicted octanol–water partition coefficient (Wildman–Crippen LogP) is 5.14. The Bertz CT molecular complexity index is 1130. The van der Waals surface area contributed by atoms with Crippen molar-refractivity contribution in [2.75, 3.05) is 23.7 Å². The molecule has 11 heteroatoms. The van der Waals surface area contributed by atoms with Crippen molar-refractivity contribution >= 4 is 62.3 Å². The van der Waals surface area contributed by atoms with E-state index in [0.717, 1.165) is 23.4 Å². The smallest absolute Gasteiger partial charge is 0.244 e. The molecule has 7 nitrogen and oxygen atoms in total. The number of benzene rings is 2. The molecule has 0 bridgehead atoms. The summed E-state index contributed by atoms with van der Waals surface area (Å²) >= 11 is 18.3. The molecule has 0 fully saturated rings. The van der Waals surface area contributed by atoms with Crippen molar-refractivity contribution < 1.29 is 18.0 Å². The highest BCUT2D eigenvalue weighted by Gasteiger charge is 2.32. The molecule has 1 atom stereocenters. The van der Waals surface area contributed by atoms with Gasteiger partial charge in [0.05, 0.1) is 11.9 Å². The largest absolute Gasteiger partial charge is 0.354 e. The van der Waals surface area contributed by atoms with E-state index in [1.807, 2.05) is 6.92 Å². The van der Waals surface area contributed by atoms with Crippen LogP contribution in [0.5, 0.6) is 0 Å². The molecule has 2 rings (SSSR count). The molecule has 35 heavy (non-hydrogen) atoms. The van der Waals surface area contributed by atoms with Crippen molar-refractivity contribution in [3.8, 4) is 0 Å². The van der Waals surface area contributed by atoms with Crippen LogP contribution in [0.3, 0.4) is 0 Å². The topological polar surface area (TPSA) is 86.8 Å². The minimum absolute atomic E-state index is 0.00671. The van der Waals surface area contributed by atoms with E-state index in [9.17, 15) is 18.0 Å². The maximum Gasteiger partial charge on any atom is 0.244 e. The summed E-state index contributed by atoms with van der Waals surface area (Å²) in [6, 6.07) is 10.2. The Morgan fingerprint density at radius 2 is 1.63 bits per heavy atom. The summed E-state index contributed by atoms with van der Waals surface area (Å²) in [4.78, 5) is 28.0. The second-order valence-corrected chi connectivity index (χ2v) is 11.3. The third-order valence-corrected chi connectivity index (χ3v) is 7.34. The van der Waals surface area contributed by atoms with E-state index in [1.54, 1.807) is 37.3 Å². The van der Waals surface area contributed by atoms with Crippen LogP contribution in [0, 0.1) is 0 Å². The van der Waals surface area contributed by atoms with Gasteiger partial charge in [-0.15, -0.1) is 0 Å². The summed E-state index contributed by atoms with van der Waals surface area (Å²) in [5.74, 6) is -0.856. The van der Waals surface area contributed by atoms with Gasteiger partial charge >= 0.3 is 0 Å². The number of rotatable bonds is 12. The van der Waals surface area contributed by atoms with Gasteiger partial charge in [0.25, 0.3) is 0 Å². The molecule has 1 N–H and O–H groups in total. The summed E-state index contributed by atoms with van der Waals surface area (Å²) in [7, 11) is -3.82. The number of nitrogens with one attached hydrogen (secondary N) is 1. The lowest BCUT2D eigenvalue weighted by Crippen LogP contribution is -2.52. The van der Waals surface area contributed by atoms with Crippen LogP contribution in [0.4, 0.5) is 5.69 Å². The lowest BCUT2D eigenvalue weighted by atomic mass is 10.1. The summed E-state index contributed by atoms with van der Waals surface area (Å²) in [6.45, 7) is 3.80. The number of hydrogen-bond acceptors (Lipinski definition) is 4. The zero-order valence-electron chi connectivity index (χ0n) is 19.9. The number of anilines is 1. The van der Waals surface area contributed by atoms with Crippen molar-refractivity contribution in [2.45, 2.75) is 45.7 Å². The van der Waals surface area contributed by atoms with Crippen LogP contribution >= 0.6 is 34.8 Å². The van der Waals surface area contributed by atoms with Gasteiger partial charge in [-0.1, -0.05) is 61.1 Å². The van der Waals surface area contributed by atoms with Crippen LogP contribution in [-0.4, -0.2) is 50.5 Å². The number of halogens is 3. The third kappa shape index (κ3) is 8.56. The van der Waals surface area contributed by atoms with Crippen LogP contribution < -0.4 is 9.62 Å². The maximum atomic E-state index is 13.6. The zero-order chi connectivity index (χ0) is 26.2. The van der Waals surface area contributed by atoms with E-state index in [0.29, 0.717) is 33.6 Å². The average Bonchev–Trinajstić information content (AvgIpc) is 2.78. The molecule has 2 aromatic rings. The molecule has 0 aliphatic carbocycles. The Morgan fingerprint density at radius 3 is 2.17 bits per heavy atom. The second kappa shape index (κ2) is 13.3. The van der Waals surface area contributed by atoms with Crippen LogP contribution in [0.1, 0.15) is 38.7 Å². The highest BCUT2D eigenvalue weighted by molar-refractivity contribution is 7.92. The molecule has 0 heterocycles. The third-order valence-electron chi connectivity index (χ3n) is 5.37. The molecule has 0 spiro atoms. The summed E-state index contributed by atoms with van der Waals surface area (Å²) < 4.78 is 26.1. The van der Waals surface area contributed by atoms with Gasteiger partial charge in [-0.05, 0) is 54.8 Å². The number of unbranched alkanes of at least 4 members (excludes halogenated alkanes) is 1. The van der Waals surface area contributed by atoms with E-state index in [1.165, 1.54) is 17.0 Å². The van der Waals surface area contributed by atoms with Crippen LogP contribution in [0.15, 0.2) is 42.5 Å². The van der Waals surface area contributed by atoms with E-state index in [4.69, 9.17) is 34.8 Å². The molecular formula is C24H30Cl3N3O4S. The maximum absolute atomic E-state index is 13.6. The minimum atomic E-state index is -3.82. The molecule has 0 saturated heterocycles. The molecule has 2 aromatic carbocycles. The first-order valence-corrected chi connectivity index (χ1v) is 14.2. The molecule has 0 aliphatic rings. The van der Waals surface area contributed by atoms with E-state index >= 15 is 0 Å². The number of carbonyl (C=O) groups excluding carboxylic acids is 2. The van der Waals surface area contributed by atoms with Crippen molar-refractivity contribution in [3.05, 3.63) is 63.1 Å². The summed E-state index contributed by atoms with van der Waals surface area (Å²) in [5.41, 5.74) is 0.872. The fourth-order valence-electron chi connectivity index (χ4n) is 3.48. The number of amides is 2. The quantitative estimate of drug-likeness (QED) is 0.363. The Labute approximate surface area is 222 Å². The second-order valence-electron chi connectivity index (χ2n) is 8.07. The van der Waals surface area contributed by atoms with E-state index < -0.39 is 28.5 Å².